The zero-order chi connectivity index (χ0) is 21.1. The van der Waals surface area contributed by atoms with E-state index in [1.807, 2.05) is 29.8 Å². The van der Waals surface area contributed by atoms with Crippen molar-refractivity contribution in [2.24, 2.45) is 4.99 Å². The number of ether oxygens (including phenoxy) is 1. The number of nitrogens with zero attached hydrogens (tertiary/aromatic N) is 5. The Balaban J connectivity index is 1.89. The van der Waals surface area contributed by atoms with Crippen molar-refractivity contribution in [1.82, 2.24) is 24.2 Å². The first kappa shape index (κ1) is 20.1. The Kier molecular flexibility index (Phi) is 5.52. The summed E-state index contributed by atoms with van der Waals surface area (Å²) in [5.74, 6) is 1.87. The third-order valence-corrected chi connectivity index (χ3v) is 5.85. The highest BCUT2D eigenvalue weighted by Gasteiger charge is 2.37. The minimum absolute atomic E-state index is 0.302. The van der Waals surface area contributed by atoms with Crippen LogP contribution in [-0.2, 0) is 4.74 Å². The van der Waals surface area contributed by atoms with Crippen molar-refractivity contribution >= 4 is 28.8 Å². The number of morpholine rings is 1. The van der Waals surface area contributed by atoms with Crippen LogP contribution in [0.25, 0.3) is 16.9 Å². The van der Waals surface area contributed by atoms with Crippen LogP contribution < -0.4 is 9.80 Å². The summed E-state index contributed by atoms with van der Waals surface area (Å²) in [7, 11) is 2.23. The van der Waals surface area contributed by atoms with E-state index in [9.17, 15) is 0 Å². The van der Waals surface area contributed by atoms with Gasteiger partial charge in [-0.05, 0) is 19.9 Å². The van der Waals surface area contributed by atoms with E-state index in [2.05, 4.69) is 53.2 Å². The summed E-state index contributed by atoms with van der Waals surface area (Å²) in [5.41, 5.74) is 2.74. The van der Waals surface area contributed by atoms with Gasteiger partial charge < -0.3 is 10.1 Å². The Morgan fingerprint density at radius 1 is 1.47 bits per heavy atom. The molecule has 1 aliphatic rings. The highest BCUT2D eigenvalue weighted by Crippen LogP contribution is 2.34. The Labute approximate surface area is 176 Å². The molecule has 0 spiro atoms. The Morgan fingerprint density at radius 2 is 2.33 bits per heavy atom. The predicted octanol–water partition coefficient (Wildman–Crippen LogP) is 3.63. The van der Waals surface area contributed by atoms with Gasteiger partial charge in [-0.2, -0.15) is 10.1 Å². The zero-order valence-electron chi connectivity index (χ0n) is 17.7. The van der Waals surface area contributed by atoms with Crippen LogP contribution in [0.5, 0.6) is 0 Å². The maximum absolute atomic E-state index is 5.70. The molecule has 8 nitrogen and oxygen atoms in total. The average molecular weight is 407 g/mol. The summed E-state index contributed by atoms with van der Waals surface area (Å²) >= 11 is 0. The summed E-state index contributed by atoms with van der Waals surface area (Å²) in [6, 6.07) is 6.45. The second-order valence-corrected chi connectivity index (χ2v) is 7.64. The number of hydrogen-bond acceptors (Lipinski definition) is 5. The highest BCUT2D eigenvalue weighted by molar-refractivity contribution is 5.96. The molecule has 2 N–H and O–H groups in total. The number of allylic oxidation sites excluding steroid dienone is 2. The summed E-state index contributed by atoms with van der Waals surface area (Å²) in [6.45, 7) is 10.2. The molecule has 8 heteroatoms. The number of hydrogen-bond donors (Lipinski definition) is 2. The molecule has 4 heterocycles. The fourth-order valence-electron chi connectivity index (χ4n) is 3.74. The van der Waals surface area contributed by atoms with Crippen LogP contribution >= 0.6 is 0 Å². The van der Waals surface area contributed by atoms with Gasteiger partial charge in [0, 0.05) is 36.1 Å². The Bertz CT molecular complexity index is 1100. The topological polar surface area (TPSA) is 80.1 Å². The van der Waals surface area contributed by atoms with E-state index >= 15 is 0 Å². The minimum atomic E-state index is 0.302. The molecule has 0 bridgehead atoms. The molecule has 156 valence electrons. The summed E-state index contributed by atoms with van der Waals surface area (Å²) in [6.07, 6.45) is 9.02. The number of H-pyrrole nitrogens is 1. The van der Waals surface area contributed by atoms with Gasteiger partial charge in [-0.3, -0.25) is 19.1 Å². The molecule has 30 heavy (non-hydrogen) atoms. The van der Waals surface area contributed by atoms with Gasteiger partial charge in [0.05, 0.1) is 37.8 Å². The maximum atomic E-state index is 5.70. The lowest BCUT2D eigenvalue weighted by atomic mass is 10.1. The number of aromatic amines is 1. The molecule has 0 amide bonds. The van der Waals surface area contributed by atoms with Crippen LogP contribution in [0.15, 0.2) is 60.1 Å². The number of likely N-dealkylation sites (N-methyl/N-ethyl adjacent to an activating group) is 1. The van der Waals surface area contributed by atoms with E-state index in [1.54, 1.807) is 12.4 Å². The average Bonchev–Trinajstić information content (AvgIpc) is 3.42. The van der Waals surface area contributed by atoms with Crippen molar-refractivity contribution in [3.8, 4) is 5.82 Å². The van der Waals surface area contributed by atoms with Crippen molar-refractivity contribution in [3.63, 3.8) is 0 Å². The highest BCUT2D eigenvalue weighted by atomic mass is 16.5. The molecule has 0 saturated carbocycles. The lowest BCUT2D eigenvalue weighted by Gasteiger charge is -2.41. The van der Waals surface area contributed by atoms with Gasteiger partial charge in [0.1, 0.15) is 18.4 Å². The first-order chi connectivity index (χ1) is 14.6. The number of anilines is 1. The monoisotopic (exact) mass is 406 g/mol. The summed E-state index contributed by atoms with van der Waals surface area (Å²) in [4.78, 5) is 9.27. The molecular weight excluding hydrogens is 378 g/mol. The third-order valence-electron chi connectivity index (χ3n) is 5.85. The van der Waals surface area contributed by atoms with E-state index in [0.29, 0.717) is 17.1 Å². The van der Waals surface area contributed by atoms with Gasteiger partial charge in [0.25, 0.3) is 0 Å². The van der Waals surface area contributed by atoms with Crippen LogP contribution in [0.4, 0.5) is 11.5 Å². The number of rotatable bonds is 6. The van der Waals surface area contributed by atoms with E-state index in [-0.39, 0.29) is 0 Å². The maximum Gasteiger partial charge on any atom is 0.231 e. The second-order valence-electron chi connectivity index (χ2n) is 7.64. The van der Waals surface area contributed by atoms with Crippen molar-refractivity contribution in [2.45, 2.75) is 19.9 Å². The van der Waals surface area contributed by atoms with Crippen molar-refractivity contribution in [1.29, 1.82) is 0 Å². The number of nitrogens with one attached hydrogen (secondary N) is 2. The van der Waals surface area contributed by atoms with Crippen molar-refractivity contribution in [2.75, 3.05) is 32.1 Å². The van der Waals surface area contributed by atoms with Crippen LogP contribution in [0.3, 0.4) is 0 Å². The summed E-state index contributed by atoms with van der Waals surface area (Å²) in [5, 5.41) is 11.7. The number of pyridine rings is 1. The van der Waals surface area contributed by atoms with Gasteiger partial charge in [0.2, 0.25) is 5.82 Å². The van der Waals surface area contributed by atoms with Crippen LogP contribution in [0.1, 0.15) is 13.8 Å². The van der Waals surface area contributed by atoms with Crippen LogP contribution in [0.2, 0.25) is 0 Å². The molecule has 0 radical (unpaired) electrons. The minimum Gasteiger partial charge on any atom is -0.369 e. The molecule has 0 aromatic carbocycles. The molecule has 1 fully saturated rings. The molecule has 2 unspecified atom stereocenters. The number of fused-ring (bicyclic) bond motifs is 1. The lowest BCUT2D eigenvalue weighted by molar-refractivity contribution is 0.0148. The fourth-order valence-corrected chi connectivity index (χ4v) is 3.74. The fraction of sp³-hybridized carbons (Fsp3) is 0.318. The third kappa shape index (κ3) is 3.55. The summed E-state index contributed by atoms with van der Waals surface area (Å²) < 4.78 is 8.44. The second kappa shape index (κ2) is 8.25. The molecule has 2 atom stereocenters. The first-order valence-electron chi connectivity index (χ1n) is 10.1. The SMILES string of the molecule is C=CN=C/C(=C\C)Nc1cc([N+]2(C)CCOCC2C)nc2c1ccn2-c1ccn[nH]1. The quantitative estimate of drug-likeness (QED) is 0.484. The van der Waals surface area contributed by atoms with Gasteiger partial charge in [-0.1, -0.05) is 12.7 Å². The number of aromatic nitrogens is 4. The molecule has 1 aliphatic heterocycles. The smallest absolute Gasteiger partial charge is 0.231 e. The van der Waals surface area contributed by atoms with Gasteiger partial charge in [-0.15, -0.1) is 0 Å². The Morgan fingerprint density at radius 3 is 3.03 bits per heavy atom. The van der Waals surface area contributed by atoms with Gasteiger partial charge in [-0.25, -0.2) is 0 Å². The van der Waals surface area contributed by atoms with Crippen molar-refractivity contribution in [3.05, 3.63) is 55.1 Å². The predicted molar refractivity (Wildman–Crippen MR) is 122 cm³/mol. The molecular formula is C22H28N7O+. The Hall–Kier alpha value is -3.23. The lowest BCUT2D eigenvalue weighted by Crippen LogP contribution is -2.59. The molecule has 0 aliphatic carbocycles. The zero-order valence-corrected chi connectivity index (χ0v) is 17.7. The number of aliphatic imine (C=N–C) groups is 1. The van der Waals surface area contributed by atoms with E-state index < -0.39 is 0 Å². The first-order valence-corrected chi connectivity index (χ1v) is 10.1. The number of quaternary nitrogens is 1. The van der Waals surface area contributed by atoms with Gasteiger partial charge >= 0.3 is 0 Å². The van der Waals surface area contributed by atoms with Gasteiger partial charge in [0.15, 0.2) is 5.65 Å². The molecule has 3 aromatic heterocycles. The largest absolute Gasteiger partial charge is 0.369 e. The standard InChI is InChI=1S/C22H28N7O/c1-5-17(14-23-6-2)25-19-13-21(29(4)11-12-30-15-16(29)3)26-22-18(19)8-10-28(22)20-7-9-24-27-20/h5-10,13-14,16H,2,11-12,15H2,1,3-4H3,(H,24,27)(H,25,26)/q+1/b17-5+,23-14?. The van der Waals surface area contributed by atoms with E-state index in [1.165, 1.54) is 6.20 Å². The molecule has 4 rings (SSSR count). The normalized spacial score (nSPS) is 22.6. The van der Waals surface area contributed by atoms with E-state index in [0.717, 1.165) is 47.2 Å². The van der Waals surface area contributed by atoms with Crippen LogP contribution in [-0.4, -0.2) is 58.8 Å². The van der Waals surface area contributed by atoms with E-state index in [4.69, 9.17) is 9.72 Å². The van der Waals surface area contributed by atoms with Crippen molar-refractivity contribution < 1.29 is 4.74 Å². The molecule has 1 saturated heterocycles. The molecule has 3 aromatic rings. The van der Waals surface area contributed by atoms with Crippen LogP contribution in [0, 0.1) is 0 Å².